The number of hydrogen-bond acceptors (Lipinski definition) is 5. The lowest BCUT2D eigenvalue weighted by atomic mass is 10.1. The van der Waals surface area contributed by atoms with Gasteiger partial charge in [-0.1, -0.05) is 23.9 Å². The molecule has 1 aromatic carbocycles. The molecule has 1 aromatic heterocycles. The molecular weight excluding hydrogens is 324 g/mol. The third kappa shape index (κ3) is 4.29. The van der Waals surface area contributed by atoms with Gasteiger partial charge >= 0.3 is 0 Å². The summed E-state index contributed by atoms with van der Waals surface area (Å²) in [5.74, 6) is 2.17. The Balaban J connectivity index is 1.41. The predicted molar refractivity (Wildman–Crippen MR) is 93.5 cm³/mol. The molecule has 128 valence electrons. The Bertz CT molecular complexity index is 695. The van der Waals surface area contributed by atoms with Crippen molar-refractivity contribution in [3.05, 3.63) is 35.7 Å². The van der Waals surface area contributed by atoms with Crippen LogP contribution < -0.4 is 10.1 Å². The van der Waals surface area contributed by atoms with E-state index in [1.165, 1.54) is 30.2 Å². The van der Waals surface area contributed by atoms with E-state index in [-0.39, 0.29) is 5.91 Å². The molecule has 1 heterocycles. The highest BCUT2D eigenvalue weighted by Crippen LogP contribution is 2.38. The fraction of sp³-hybridized carbons (Fsp3) is 0.471. The summed E-state index contributed by atoms with van der Waals surface area (Å²) in [6.07, 6.45) is 3.17. The summed E-state index contributed by atoms with van der Waals surface area (Å²) in [7, 11) is 1.65. The van der Waals surface area contributed by atoms with Gasteiger partial charge in [0.1, 0.15) is 11.6 Å². The number of benzene rings is 1. The van der Waals surface area contributed by atoms with Crippen molar-refractivity contribution in [1.82, 2.24) is 20.1 Å². The third-order valence-electron chi connectivity index (χ3n) is 3.97. The number of hydrogen-bond donors (Lipinski definition) is 1. The van der Waals surface area contributed by atoms with Crippen LogP contribution in [-0.2, 0) is 11.2 Å². The number of aromatic nitrogens is 3. The van der Waals surface area contributed by atoms with E-state index in [2.05, 4.69) is 20.1 Å². The van der Waals surface area contributed by atoms with Crippen molar-refractivity contribution in [2.45, 2.75) is 37.4 Å². The zero-order chi connectivity index (χ0) is 16.9. The van der Waals surface area contributed by atoms with Crippen molar-refractivity contribution in [3.63, 3.8) is 0 Å². The first kappa shape index (κ1) is 16.8. The summed E-state index contributed by atoms with van der Waals surface area (Å²) in [4.78, 5) is 12.0. The molecule has 7 heteroatoms. The zero-order valence-corrected chi connectivity index (χ0v) is 14.8. The first-order valence-corrected chi connectivity index (χ1v) is 9.10. The van der Waals surface area contributed by atoms with E-state index < -0.39 is 0 Å². The molecule has 0 unspecified atom stereocenters. The van der Waals surface area contributed by atoms with Gasteiger partial charge < -0.3 is 14.6 Å². The van der Waals surface area contributed by atoms with Crippen molar-refractivity contribution in [2.24, 2.45) is 0 Å². The Morgan fingerprint density at radius 1 is 1.33 bits per heavy atom. The number of ether oxygens (including phenoxy) is 1. The lowest BCUT2D eigenvalue weighted by Gasteiger charge is -2.07. The van der Waals surface area contributed by atoms with E-state index in [0.29, 0.717) is 18.3 Å². The minimum absolute atomic E-state index is 0.0245. The van der Waals surface area contributed by atoms with Crippen LogP contribution in [0.3, 0.4) is 0 Å². The molecule has 6 nitrogen and oxygen atoms in total. The zero-order valence-electron chi connectivity index (χ0n) is 14.0. The van der Waals surface area contributed by atoms with Crippen molar-refractivity contribution < 1.29 is 9.53 Å². The number of nitrogens with zero attached hydrogens (tertiary/aromatic N) is 3. The monoisotopic (exact) mass is 346 g/mol. The second-order valence-electron chi connectivity index (χ2n) is 5.87. The number of carbonyl (C=O) groups is 1. The summed E-state index contributed by atoms with van der Waals surface area (Å²) >= 11 is 1.46. The predicted octanol–water partition coefficient (Wildman–Crippen LogP) is 2.38. The van der Waals surface area contributed by atoms with Gasteiger partial charge in [0, 0.05) is 12.6 Å². The maximum atomic E-state index is 12.0. The summed E-state index contributed by atoms with van der Waals surface area (Å²) < 4.78 is 7.28. The number of amides is 1. The van der Waals surface area contributed by atoms with Crippen LogP contribution in [0.1, 0.15) is 30.3 Å². The van der Waals surface area contributed by atoms with Crippen molar-refractivity contribution in [2.75, 3.05) is 19.4 Å². The quantitative estimate of drug-likeness (QED) is 0.743. The van der Waals surface area contributed by atoms with Crippen LogP contribution in [0.25, 0.3) is 0 Å². The maximum absolute atomic E-state index is 12.0. The fourth-order valence-electron chi connectivity index (χ4n) is 2.52. The van der Waals surface area contributed by atoms with Gasteiger partial charge in [0.25, 0.3) is 0 Å². The largest absolute Gasteiger partial charge is 0.497 e. The van der Waals surface area contributed by atoms with Crippen LogP contribution in [0, 0.1) is 6.92 Å². The van der Waals surface area contributed by atoms with E-state index in [4.69, 9.17) is 4.74 Å². The van der Waals surface area contributed by atoms with Crippen LogP contribution in [-0.4, -0.2) is 40.1 Å². The summed E-state index contributed by atoms with van der Waals surface area (Å²) in [6, 6.07) is 8.42. The number of rotatable bonds is 8. The van der Waals surface area contributed by atoms with E-state index in [9.17, 15) is 4.79 Å². The summed E-state index contributed by atoms with van der Waals surface area (Å²) in [5, 5.41) is 12.1. The lowest BCUT2D eigenvalue weighted by Crippen LogP contribution is -2.27. The lowest BCUT2D eigenvalue weighted by molar-refractivity contribution is -0.118. The Morgan fingerprint density at radius 3 is 2.75 bits per heavy atom. The molecule has 3 rings (SSSR count). The molecule has 1 aliphatic carbocycles. The van der Waals surface area contributed by atoms with Crippen LogP contribution in [0.5, 0.6) is 5.75 Å². The molecule has 1 aliphatic rings. The van der Waals surface area contributed by atoms with Crippen LogP contribution in [0.4, 0.5) is 0 Å². The van der Waals surface area contributed by atoms with E-state index >= 15 is 0 Å². The minimum Gasteiger partial charge on any atom is -0.497 e. The number of thioether (sulfide) groups is 1. The number of carbonyl (C=O) groups excluding carboxylic acids is 1. The summed E-state index contributed by atoms with van der Waals surface area (Å²) in [5.41, 5.74) is 1.17. The van der Waals surface area contributed by atoms with Gasteiger partial charge in [-0.3, -0.25) is 4.79 Å². The molecular formula is C17H22N4O2S. The number of aryl methyl sites for hydroxylation is 1. The van der Waals surface area contributed by atoms with Crippen molar-refractivity contribution in [3.8, 4) is 5.75 Å². The van der Waals surface area contributed by atoms with Gasteiger partial charge in [0.15, 0.2) is 5.16 Å². The molecule has 0 atom stereocenters. The van der Waals surface area contributed by atoms with Gasteiger partial charge in [0.2, 0.25) is 5.91 Å². The Kier molecular flexibility index (Phi) is 5.40. The summed E-state index contributed by atoms with van der Waals surface area (Å²) in [6.45, 7) is 2.59. The average molecular weight is 346 g/mol. The van der Waals surface area contributed by atoms with Gasteiger partial charge in [0.05, 0.1) is 12.9 Å². The molecule has 1 saturated carbocycles. The highest BCUT2D eigenvalue weighted by molar-refractivity contribution is 7.99. The molecule has 0 bridgehead atoms. The molecule has 1 amide bonds. The first-order chi connectivity index (χ1) is 11.7. The molecule has 1 fully saturated rings. The Morgan fingerprint density at radius 2 is 2.08 bits per heavy atom. The normalized spacial score (nSPS) is 13.8. The van der Waals surface area contributed by atoms with Gasteiger partial charge in [-0.15, -0.1) is 10.2 Å². The van der Waals surface area contributed by atoms with E-state index in [0.717, 1.165) is 23.2 Å². The molecule has 0 saturated heterocycles. The highest BCUT2D eigenvalue weighted by Gasteiger charge is 2.28. The van der Waals surface area contributed by atoms with E-state index in [1.807, 2.05) is 31.2 Å². The number of methoxy groups -OCH3 is 1. The van der Waals surface area contributed by atoms with Gasteiger partial charge in [-0.25, -0.2) is 0 Å². The van der Waals surface area contributed by atoms with Gasteiger partial charge in [-0.05, 0) is 43.9 Å². The number of nitrogens with one attached hydrogen (secondary N) is 1. The Labute approximate surface area is 146 Å². The first-order valence-electron chi connectivity index (χ1n) is 8.11. The highest BCUT2D eigenvalue weighted by atomic mass is 32.2. The van der Waals surface area contributed by atoms with Crippen molar-refractivity contribution in [1.29, 1.82) is 0 Å². The maximum Gasteiger partial charge on any atom is 0.230 e. The van der Waals surface area contributed by atoms with E-state index in [1.54, 1.807) is 7.11 Å². The smallest absolute Gasteiger partial charge is 0.230 e. The second kappa shape index (κ2) is 7.70. The Hall–Kier alpha value is -2.02. The molecule has 0 radical (unpaired) electrons. The topological polar surface area (TPSA) is 69.0 Å². The second-order valence-corrected chi connectivity index (χ2v) is 6.81. The molecule has 0 aliphatic heterocycles. The van der Waals surface area contributed by atoms with Crippen LogP contribution >= 0.6 is 11.8 Å². The van der Waals surface area contributed by atoms with Gasteiger partial charge in [-0.2, -0.15) is 0 Å². The van der Waals surface area contributed by atoms with Crippen LogP contribution in [0.15, 0.2) is 29.4 Å². The SMILES string of the molecule is COc1ccc(CCNC(=O)CSc2nnc(C)n2C2CC2)cc1. The fourth-order valence-corrected chi connectivity index (χ4v) is 3.40. The molecule has 2 aromatic rings. The molecule has 24 heavy (non-hydrogen) atoms. The van der Waals surface area contributed by atoms with Crippen LogP contribution in [0.2, 0.25) is 0 Å². The standard InChI is InChI=1S/C17H22N4O2S/c1-12-19-20-17(21(12)14-5-6-14)24-11-16(22)18-10-9-13-3-7-15(23-2)8-4-13/h3-4,7-8,14H,5-6,9-11H2,1-2H3,(H,18,22). The molecule has 1 N–H and O–H groups in total. The average Bonchev–Trinajstić information content (AvgIpc) is 3.36. The van der Waals surface area contributed by atoms with Crippen molar-refractivity contribution >= 4 is 17.7 Å². The minimum atomic E-state index is 0.0245. The molecule has 0 spiro atoms. The third-order valence-corrected chi connectivity index (χ3v) is 4.92.